The third-order valence-corrected chi connectivity index (χ3v) is 5.53. The van der Waals surface area contributed by atoms with Gasteiger partial charge in [-0.2, -0.15) is 0 Å². The number of nitrogens with zero attached hydrogens (tertiary/aromatic N) is 1. The number of amides is 1. The SMILES string of the molecule is O=C(Nc1ccc2oc(-c3ccccc3F)nc2c1)c1cc(I)ccc1I. The van der Waals surface area contributed by atoms with Crippen molar-refractivity contribution in [2.45, 2.75) is 0 Å². The van der Waals surface area contributed by atoms with Gasteiger partial charge < -0.3 is 9.73 Å². The van der Waals surface area contributed by atoms with Crippen LogP contribution in [0, 0.1) is 13.0 Å². The fraction of sp³-hybridized carbons (Fsp3) is 0. The van der Waals surface area contributed by atoms with Gasteiger partial charge in [-0.05, 0) is 93.7 Å². The van der Waals surface area contributed by atoms with Crippen molar-refractivity contribution in [1.82, 2.24) is 4.98 Å². The number of carbonyl (C=O) groups excluding carboxylic acids is 1. The van der Waals surface area contributed by atoms with Gasteiger partial charge >= 0.3 is 0 Å². The largest absolute Gasteiger partial charge is 0.436 e. The number of halogens is 3. The number of anilines is 1. The highest BCUT2D eigenvalue weighted by atomic mass is 127. The zero-order valence-electron chi connectivity index (χ0n) is 13.7. The molecular formula is C20H11FI2N2O2. The summed E-state index contributed by atoms with van der Waals surface area (Å²) in [6, 6.07) is 17.1. The number of carbonyl (C=O) groups is 1. The van der Waals surface area contributed by atoms with Crippen molar-refractivity contribution in [2.75, 3.05) is 5.32 Å². The first-order chi connectivity index (χ1) is 13.0. The van der Waals surface area contributed by atoms with Gasteiger partial charge in [-0.15, -0.1) is 0 Å². The van der Waals surface area contributed by atoms with Gasteiger partial charge in [-0.25, -0.2) is 9.37 Å². The minimum atomic E-state index is -0.397. The summed E-state index contributed by atoms with van der Waals surface area (Å²) in [4.78, 5) is 16.9. The lowest BCUT2D eigenvalue weighted by Crippen LogP contribution is -2.13. The molecule has 0 bridgehead atoms. The van der Waals surface area contributed by atoms with Crippen LogP contribution in [0.15, 0.2) is 65.1 Å². The van der Waals surface area contributed by atoms with Gasteiger partial charge in [0.05, 0.1) is 11.1 Å². The van der Waals surface area contributed by atoms with Crippen molar-refractivity contribution in [2.24, 2.45) is 0 Å². The average Bonchev–Trinajstić information content (AvgIpc) is 3.07. The van der Waals surface area contributed by atoms with E-state index in [4.69, 9.17) is 4.42 Å². The topological polar surface area (TPSA) is 55.1 Å². The Morgan fingerprint density at radius 1 is 1.04 bits per heavy atom. The van der Waals surface area contributed by atoms with Gasteiger partial charge in [0.15, 0.2) is 5.58 Å². The van der Waals surface area contributed by atoms with E-state index in [1.165, 1.54) is 6.07 Å². The van der Waals surface area contributed by atoms with Gasteiger partial charge in [-0.3, -0.25) is 4.79 Å². The molecule has 27 heavy (non-hydrogen) atoms. The number of hydrogen-bond acceptors (Lipinski definition) is 3. The van der Waals surface area contributed by atoms with E-state index in [1.54, 1.807) is 36.4 Å². The highest BCUT2D eigenvalue weighted by Gasteiger charge is 2.14. The normalized spacial score (nSPS) is 10.9. The zero-order valence-corrected chi connectivity index (χ0v) is 18.0. The third-order valence-electron chi connectivity index (χ3n) is 3.92. The van der Waals surface area contributed by atoms with E-state index in [0.29, 0.717) is 27.9 Å². The lowest BCUT2D eigenvalue weighted by Gasteiger charge is -2.07. The van der Waals surface area contributed by atoms with Crippen LogP contribution in [0.1, 0.15) is 10.4 Å². The molecular weight excluding hydrogens is 573 g/mol. The molecule has 1 amide bonds. The molecule has 4 rings (SSSR count). The Labute approximate surface area is 181 Å². The van der Waals surface area contributed by atoms with E-state index in [2.05, 4.69) is 55.5 Å². The van der Waals surface area contributed by atoms with Crippen LogP contribution < -0.4 is 5.32 Å². The van der Waals surface area contributed by atoms with Crippen LogP contribution in [0.5, 0.6) is 0 Å². The summed E-state index contributed by atoms with van der Waals surface area (Å²) in [6.45, 7) is 0. The van der Waals surface area contributed by atoms with Gasteiger partial charge in [-0.1, -0.05) is 12.1 Å². The summed E-state index contributed by atoms with van der Waals surface area (Å²) >= 11 is 4.31. The smallest absolute Gasteiger partial charge is 0.256 e. The Morgan fingerprint density at radius 2 is 1.85 bits per heavy atom. The summed E-state index contributed by atoms with van der Waals surface area (Å²) in [5.74, 6) is -0.389. The van der Waals surface area contributed by atoms with Crippen molar-refractivity contribution < 1.29 is 13.6 Å². The molecule has 0 aliphatic heterocycles. The second kappa shape index (κ2) is 7.55. The van der Waals surface area contributed by atoms with Crippen LogP contribution in [-0.2, 0) is 0 Å². The maximum atomic E-state index is 14.0. The lowest BCUT2D eigenvalue weighted by molar-refractivity contribution is 0.102. The molecule has 0 aliphatic carbocycles. The van der Waals surface area contributed by atoms with Gasteiger partial charge in [0.1, 0.15) is 11.3 Å². The highest BCUT2D eigenvalue weighted by Crippen LogP contribution is 2.28. The van der Waals surface area contributed by atoms with E-state index in [-0.39, 0.29) is 11.8 Å². The van der Waals surface area contributed by atoms with Gasteiger partial charge in [0.2, 0.25) is 5.89 Å². The van der Waals surface area contributed by atoms with E-state index in [1.807, 2.05) is 18.2 Å². The van der Waals surface area contributed by atoms with Crippen LogP contribution in [0.2, 0.25) is 0 Å². The fourth-order valence-corrected chi connectivity index (χ4v) is 3.70. The van der Waals surface area contributed by atoms with Crippen molar-refractivity contribution in [3.63, 3.8) is 0 Å². The number of rotatable bonds is 3. The van der Waals surface area contributed by atoms with Crippen LogP contribution >= 0.6 is 45.2 Å². The molecule has 0 radical (unpaired) electrons. The first kappa shape index (κ1) is 18.4. The molecule has 0 spiro atoms. The van der Waals surface area contributed by atoms with Crippen LogP contribution in [0.3, 0.4) is 0 Å². The third kappa shape index (κ3) is 3.84. The Bertz CT molecular complexity index is 1170. The number of nitrogens with one attached hydrogen (secondary N) is 1. The predicted octanol–water partition coefficient (Wildman–Crippen LogP) is 6.10. The Balaban J connectivity index is 1.65. The molecule has 0 fully saturated rings. The Morgan fingerprint density at radius 3 is 2.67 bits per heavy atom. The molecule has 3 aromatic carbocycles. The predicted molar refractivity (Wildman–Crippen MR) is 119 cm³/mol. The number of aromatic nitrogens is 1. The quantitative estimate of drug-likeness (QED) is 0.297. The Hall–Kier alpha value is -2.01. The first-order valence-corrected chi connectivity index (χ1v) is 10.1. The maximum absolute atomic E-state index is 14.0. The Kier molecular flexibility index (Phi) is 5.13. The summed E-state index contributed by atoms with van der Waals surface area (Å²) in [6.07, 6.45) is 0. The van der Waals surface area contributed by atoms with Crippen molar-refractivity contribution in [3.05, 3.63) is 79.2 Å². The van der Waals surface area contributed by atoms with Gasteiger partial charge in [0, 0.05) is 12.8 Å². The van der Waals surface area contributed by atoms with Crippen molar-refractivity contribution in [1.29, 1.82) is 0 Å². The van der Waals surface area contributed by atoms with Crippen molar-refractivity contribution >= 4 is 67.9 Å². The molecule has 0 aliphatic rings. The number of benzene rings is 3. The molecule has 0 unspecified atom stereocenters. The molecule has 1 N–H and O–H groups in total. The van der Waals surface area contributed by atoms with Crippen molar-refractivity contribution in [3.8, 4) is 11.5 Å². The lowest BCUT2D eigenvalue weighted by atomic mass is 10.2. The summed E-state index contributed by atoms with van der Waals surface area (Å²) in [7, 11) is 0. The minimum absolute atomic E-state index is 0.199. The molecule has 4 aromatic rings. The molecule has 0 saturated carbocycles. The molecule has 134 valence electrons. The van der Waals surface area contributed by atoms with Crippen LogP contribution in [-0.4, -0.2) is 10.9 Å². The zero-order chi connectivity index (χ0) is 19.0. The summed E-state index contributed by atoms with van der Waals surface area (Å²) in [5.41, 5.74) is 2.57. The maximum Gasteiger partial charge on any atom is 0.256 e. The second-order valence-electron chi connectivity index (χ2n) is 5.76. The standard InChI is InChI=1S/C20H11FI2N2O2/c21-15-4-2-1-3-13(15)20-25-17-10-12(6-8-18(17)27-20)24-19(26)14-9-11(22)5-7-16(14)23/h1-10H,(H,24,26). The monoisotopic (exact) mass is 584 g/mol. The fourth-order valence-electron chi connectivity index (χ4n) is 2.62. The number of oxazole rings is 1. The highest BCUT2D eigenvalue weighted by molar-refractivity contribution is 14.1. The van der Waals surface area contributed by atoms with E-state index in [9.17, 15) is 9.18 Å². The molecule has 1 heterocycles. The molecule has 1 aromatic heterocycles. The summed E-state index contributed by atoms with van der Waals surface area (Å²) < 4.78 is 21.5. The second-order valence-corrected chi connectivity index (χ2v) is 8.17. The number of hydrogen-bond donors (Lipinski definition) is 1. The minimum Gasteiger partial charge on any atom is -0.436 e. The average molecular weight is 584 g/mol. The summed E-state index contributed by atoms with van der Waals surface area (Å²) in [5, 5.41) is 2.88. The van der Waals surface area contributed by atoms with Crippen LogP contribution in [0.4, 0.5) is 10.1 Å². The number of fused-ring (bicyclic) bond motifs is 1. The van der Waals surface area contributed by atoms with E-state index < -0.39 is 5.82 Å². The van der Waals surface area contributed by atoms with Gasteiger partial charge in [0.25, 0.3) is 5.91 Å². The molecule has 0 atom stereocenters. The molecule has 7 heteroatoms. The van der Waals surface area contributed by atoms with Crippen LogP contribution in [0.25, 0.3) is 22.6 Å². The molecule has 0 saturated heterocycles. The molecule has 4 nitrogen and oxygen atoms in total. The van der Waals surface area contributed by atoms with E-state index >= 15 is 0 Å². The first-order valence-electron chi connectivity index (χ1n) is 7.93. The van der Waals surface area contributed by atoms with E-state index in [0.717, 1.165) is 7.14 Å².